The first kappa shape index (κ1) is 26.9. The molecule has 3 aromatic rings. The monoisotopic (exact) mass is 507 g/mol. The molecule has 1 atom stereocenters. The van der Waals surface area contributed by atoms with Gasteiger partial charge in [-0.3, -0.25) is 13.9 Å². The van der Waals surface area contributed by atoms with Crippen LogP contribution in [0.4, 0.5) is 5.69 Å². The second-order valence-electron chi connectivity index (χ2n) is 8.66. The second-order valence-corrected chi connectivity index (χ2v) is 10.6. The maximum Gasteiger partial charge on any atom is 0.244 e. The summed E-state index contributed by atoms with van der Waals surface area (Å²) in [7, 11) is -3.77. The van der Waals surface area contributed by atoms with Crippen LogP contribution in [0.5, 0.6) is 0 Å². The van der Waals surface area contributed by atoms with Crippen LogP contribution in [-0.2, 0) is 32.6 Å². The molecular weight excluding hydrogens is 474 g/mol. The molecule has 0 unspecified atom stereocenters. The molecule has 1 N–H and O–H groups in total. The van der Waals surface area contributed by atoms with Crippen molar-refractivity contribution in [2.45, 2.75) is 32.9 Å². The lowest BCUT2D eigenvalue weighted by Gasteiger charge is -2.33. The van der Waals surface area contributed by atoms with Gasteiger partial charge in [0.15, 0.2) is 0 Å². The second kappa shape index (κ2) is 12.4. The van der Waals surface area contributed by atoms with Crippen molar-refractivity contribution in [2.24, 2.45) is 0 Å². The topological polar surface area (TPSA) is 86.8 Å². The quantitative estimate of drug-likeness (QED) is 0.430. The molecular formula is C28H33N3O4S. The highest BCUT2D eigenvalue weighted by Gasteiger charge is 2.33. The van der Waals surface area contributed by atoms with Crippen LogP contribution in [0.1, 0.15) is 23.6 Å². The number of aryl methyl sites for hydroxylation is 1. The number of hydrogen-bond donors (Lipinski definition) is 1. The summed E-state index contributed by atoms with van der Waals surface area (Å²) in [6.45, 7) is 3.79. The van der Waals surface area contributed by atoms with Crippen molar-refractivity contribution in [1.29, 1.82) is 0 Å². The molecule has 36 heavy (non-hydrogen) atoms. The van der Waals surface area contributed by atoms with E-state index in [1.807, 2.05) is 73.7 Å². The lowest BCUT2D eigenvalue weighted by atomic mass is 10.0. The Labute approximate surface area is 213 Å². The first-order valence-corrected chi connectivity index (χ1v) is 13.7. The minimum absolute atomic E-state index is 0.166. The lowest BCUT2D eigenvalue weighted by molar-refractivity contribution is -0.140. The van der Waals surface area contributed by atoms with E-state index in [9.17, 15) is 18.0 Å². The maximum atomic E-state index is 13.9. The Kier molecular flexibility index (Phi) is 9.25. The Hall–Kier alpha value is -3.65. The van der Waals surface area contributed by atoms with E-state index in [1.54, 1.807) is 25.1 Å². The number of sulfonamides is 1. The standard InChI is InChI=1S/C28H33N3O4S/c1-4-29-28(33)26(19-23-14-7-5-8-15-23)30(20-24-16-9-6-10-17-24)27(32)21-31(36(3,34)35)25-18-12-11-13-22(25)2/h5-18,26H,4,19-21H2,1-3H3,(H,29,33)/t26-/m1/s1. The van der Waals surface area contributed by atoms with Crippen molar-refractivity contribution in [3.63, 3.8) is 0 Å². The van der Waals surface area contributed by atoms with Gasteiger partial charge in [-0.1, -0.05) is 78.9 Å². The maximum absolute atomic E-state index is 13.9. The molecule has 0 aromatic heterocycles. The summed E-state index contributed by atoms with van der Waals surface area (Å²) in [5.41, 5.74) is 2.91. The zero-order chi connectivity index (χ0) is 26.1. The Morgan fingerprint density at radius 1 is 0.861 bits per heavy atom. The first-order chi connectivity index (χ1) is 17.2. The van der Waals surface area contributed by atoms with Crippen molar-refractivity contribution in [3.05, 3.63) is 102 Å². The van der Waals surface area contributed by atoms with Crippen LogP contribution in [0.2, 0.25) is 0 Å². The van der Waals surface area contributed by atoms with Gasteiger partial charge in [-0.25, -0.2) is 8.42 Å². The molecule has 0 saturated heterocycles. The fraction of sp³-hybridized carbons (Fsp3) is 0.286. The number of carbonyl (C=O) groups excluding carboxylic acids is 2. The van der Waals surface area contributed by atoms with Crippen molar-refractivity contribution in [3.8, 4) is 0 Å². The molecule has 3 rings (SSSR count). The van der Waals surface area contributed by atoms with E-state index in [1.165, 1.54) is 4.90 Å². The van der Waals surface area contributed by atoms with Crippen LogP contribution in [0.15, 0.2) is 84.9 Å². The highest BCUT2D eigenvalue weighted by Crippen LogP contribution is 2.23. The number of anilines is 1. The molecule has 0 fully saturated rings. The number of amides is 2. The average molecular weight is 508 g/mol. The van der Waals surface area contributed by atoms with E-state index in [-0.39, 0.29) is 12.5 Å². The Balaban J connectivity index is 2.03. The van der Waals surface area contributed by atoms with Gasteiger partial charge < -0.3 is 10.2 Å². The SMILES string of the molecule is CCNC(=O)[C@@H](Cc1ccccc1)N(Cc1ccccc1)C(=O)CN(c1ccccc1C)S(C)(=O)=O. The van der Waals surface area contributed by atoms with E-state index >= 15 is 0 Å². The van der Waals surface area contributed by atoms with Gasteiger partial charge in [0.1, 0.15) is 12.6 Å². The van der Waals surface area contributed by atoms with Gasteiger partial charge in [-0.15, -0.1) is 0 Å². The van der Waals surface area contributed by atoms with Gasteiger partial charge in [-0.05, 0) is 36.6 Å². The molecule has 0 heterocycles. The van der Waals surface area contributed by atoms with Gasteiger partial charge in [0, 0.05) is 19.5 Å². The number of carbonyl (C=O) groups is 2. The molecule has 0 spiro atoms. The largest absolute Gasteiger partial charge is 0.355 e. The molecule has 0 radical (unpaired) electrons. The van der Waals surface area contributed by atoms with Crippen molar-refractivity contribution in [2.75, 3.05) is 23.7 Å². The van der Waals surface area contributed by atoms with Crippen molar-refractivity contribution >= 4 is 27.5 Å². The number of benzene rings is 3. The third-order valence-electron chi connectivity index (χ3n) is 5.88. The summed E-state index contributed by atoms with van der Waals surface area (Å²) in [6, 6.07) is 25.1. The van der Waals surface area contributed by atoms with E-state index in [0.717, 1.165) is 27.3 Å². The molecule has 0 saturated carbocycles. The molecule has 0 aliphatic rings. The van der Waals surface area contributed by atoms with Crippen molar-refractivity contribution < 1.29 is 18.0 Å². The number of rotatable bonds is 11. The third kappa shape index (κ3) is 7.18. The van der Waals surface area contributed by atoms with Crippen LogP contribution in [0.25, 0.3) is 0 Å². The van der Waals surface area contributed by atoms with Crippen LogP contribution < -0.4 is 9.62 Å². The molecule has 0 bridgehead atoms. The van der Waals surface area contributed by atoms with Crippen LogP contribution in [0, 0.1) is 6.92 Å². The van der Waals surface area contributed by atoms with Gasteiger partial charge in [0.25, 0.3) is 0 Å². The summed E-state index contributed by atoms with van der Waals surface area (Å²) >= 11 is 0. The molecule has 2 amide bonds. The Morgan fingerprint density at radius 3 is 1.97 bits per heavy atom. The fourth-order valence-corrected chi connectivity index (χ4v) is 4.97. The van der Waals surface area contributed by atoms with Crippen molar-refractivity contribution in [1.82, 2.24) is 10.2 Å². The van der Waals surface area contributed by atoms with E-state index in [4.69, 9.17) is 0 Å². The first-order valence-electron chi connectivity index (χ1n) is 11.9. The normalized spacial score (nSPS) is 12.0. The third-order valence-corrected chi connectivity index (χ3v) is 7.01. The zero-order valence-corrected chi connectivity index (χ0v) is 21.7. The molecule has 190 valence electrons. The number of likely N-dealkylation sites (N-methyl/N-ethyl adjacent to an activating group) is 1. The van der Waals surface area contributed by atoms with Crippen LogP contribution >= 0.6 is 0 Å². The van der Waals surface area contributed by atoms with Gasteiger partial charge in [0.2, 0.25) is 21.8 Å². The van der Waals surface area contributed by atoms with E-state index in [0.29, 0.717) is 18.7 Å². The molecule has 7 nitrogen and oxygen atoms in total. The van der Waals surface area contributed by atoms with E-state index in [2.05, 4.69) is 5.32 Å². The lowest BCUT2D eigenvalue weighted by Crippen LogP contribution is -2.53. The highest BCUT2D eigenvalue weighted by atomic mass is 32.2. The molecule has 0 aliphatic carbocycles. The molecule has 0 aliphatic heterocycles. The fourth-order valence-electron chi connectivity index (χ4n) is 4.06. The smallest absolute Gasteiger partial charge is 0.244 e. The highest BCUT2D eigenvalue weighted by molar-refractivity contribution is 7.92. The summed E-state index contributed by atoms with van der Waals surface area (Å²) in [6.07, 6.45) is 1.38. The summed E-state index contributed by atoms with van der Waals surface area (Å²) < 4.78 is 26.7. The number of para-hydroxylation sites is 1. The Bertz CT molecular complexity index is 1260. The summed E-state index contributed by atoms with van der Waals surface area (Å²) in [5.74, 6) is -0.743. The summed E-state index contributed by atoms with van der Waals surface area (Å²) in [5, 5.41) is 2.85. The van der Waals surface area contributed by atoms with Gasteiger partial charge in [0.05, 0.1) is 11.9 Å². The average Bonchev–Trinajstić information content (AvgIpc) is 2.86. The van der Waals surface area contributed by atoms with Gasteiger partial charge in [-0.2, -0.15) is 0 Å². The minimum atomic E-state index is -3.77. The molecule has 3 aromatic carbocycles. The summed E-state index contributed by atoms with van der Waals surface area (Å²) in [4.78, 5) is 28.6. The predicted molar refractivity (Wildman–Crippen MR) is 143 cm³/mol. The Morgan fingerprint density at radius 2 is 1.42 bits per heavy atom. The van der Waals surface area contributed by atoms with Crippen LogP contribution in [-0.4, -0.2) is 50.5 Å². The minimum Gasteiger partial charge on any atom is -0.355 e. The number of nitrogens with one attached hydrogen (secondary N) is 1. The van der Waals surface area contributed by atoms with E-state index < -0.39 is 28.5 Å². The number of hydrogen-bond acceptors (Lipinski definition) is 4. The van der Waals surface area contributed by atoms with Crippen LogP contribution in [0.3, 0.4) is 0 Å². The predicted octanol–water partition coefficient (Wildman–Crippen LogP) is 3.54. The zero-order valence-electron chi connectivity index (χ0n) is 20.9. The van der Waals surface area contributed by atoms with Gasteiger partial charge >= 0.3 is 0 Å². The molecule has 8 heteroatoms. The number of nitrogens with zero attached hydrogens (tertiary/aromatic N) is 2.